The molecule has 4 aromatic carbocycles. The van der Waals surface area contributed by atoms with E-state index >= 15 is 0 Å². The second-order valence-corrected chi connectivity index (χ2v) is 8.14. The predicted molar refractivity (Wildman–Crippen MR) is 119 cm³/mol. The molecule has 0 aliphatic rings. The summed E-state index contributed by atoms with van der Waals surface area (Å²) >= 11 is 0. The van der Waals surface area contributed by atoms with Crippen LogP contribution in [0.2, 0.25) is 0 Å². The van der Waals surface area contributed by atoms with Crippen molar-refractivity contribution < 1.29 is 35.0 Å². The van der Waals surface area contributed by atoms with Crippen LogP contribution < -0.4 is 0 Å². The molecule has 0 atom stereocenters. The Labute approximate surface area is 179 Å². The lowest BCUT2D eigenvalue weighted by molar-refractivity contribution is 0.378. The van der Waals surface area contributed by atoms with Crippen LogP contribution in [0.4, 0.5) is 0 Å². The number of benzene rings is 4. The van der Waals surface area contributed by atoms with Crippen molar-refractivity contribution in [3.05, 3.63) is 96.1 Å². The Balaban J connectivity index is 0.000000289. The standard InChI is InChI=1S/C21H16.2H2O4S/c1-3-13-20-16(7-1)9-5-11-18(20)15-19-12-6-10-17-8-2-4-14-21(17)19;2*1-5(2,3)4/h1-14H,15H2;2*(H2,1,2,3,4). The highest BCUT2D eigenvalue weighted by molar-refractivity contribution is 7.80. The summed E-state index contributed by atoms with van der Waals surface area (Å²) in [5.41, 5.74) is 2.79. The van der Waals surface area contributed by atoms with Gasteiger partial charge in [-0.05, 0) is 39.1 Å². The molecule has 0 heterocycles. The highest BCUT2D eigenvalue weighted by Gasteiger charge is 2.05. The van der Waals surface area contributed by atoms with Crippen LogP contribution in [0.1, 0.15) is 11.1 Å². The van der Waals surface area contributed by atoms with E-state index in [2.05, 4.69) is 84.9 Å². The highest BCUT2D eigenvalue weighted by Crippen LogP contribution is 2.25. The number of hydrogen-bond donors (Lipinski definition) is 4. The van der Waals surface area contributed by atoms with Gasteiger partial charge < -0.3 is 0 Å². The average Bonchev–Trinajstić information content (AvgIpc) is 2.66. The molecule has 10 heteroatoms. The lowest BCUT2D eigenvalue weighted by Crippen LogP contribution is -1.91. The van der Waals surface area contributed by atoms with Crippen molar-refractivity contribution in [1.82, 2.24) is 0 Å². The molecule has 4 N–H and O–H groups in total. The van der Waals surface area contributed by atoms with Gasteiger partial charge in [-0.25, -0.2) is 0 Å². The fraction of sp³-hybridized carbons (Fsp3) is 0.0476. The third-order valence-electron chi connectivity index (χ3n) is 4.14. The van der Waals surface area contributed by atoms with Gasteiger partial charge in [0.05, 0.1) is 0 Å². The number of rotatable bonds is 2. The topological polar surface area (TPSA) is 149 Å². The fourth-order valence-corrected chi connectivity index (χ4v) is 3.10. The molecule has 0 aliphatic heterocycles. The highest BCUT2D eigenvalue weighted by atomic mass is 32.3. The maximum absolute atomic E-state index is 8.74. The molecule has 164 valence electrons. The second kappa shape index (κ2) is 10.4. The summed E-state index contributed by atoms with van der Waals surface area (Å²) in [6.45, 7) is 0. The molecular weight excluding hydrogens is 444 g/mol. The van der Waals surface area contributed by atoms with Gasteiger partial charge in [0.25, 0.3) is 0 Å². The summed E-state index contributed by atoms with van der Waals surface area (Å²) in [4.78, 5) is 0. The predicted octanol–water partition coefficient (Wildman–Crippen LogP) is 4.28. The van der Waals surface area contributed by atoms with Crippen LogP contribution in [-0.4, -0.2) is 35.0 Å². The first-order chi connectivity index (χ1) is 14.4. The number of hydrogen-bond acceptors (Lipinski definition) is 4. The monoisotopic (exact) mass is 464 g/mol. The Kier molecular flexibility index (Phi) is 8.22. The fourth-order valence-electron chi connectivity index (χ4n) is 3.10. The summed E-state index contributed by atoms with van der Waals surface area (Å²) < 4.78 is 63.2. The molecule has 0 aliphatic carbocycles. The van der Waals surface area contributed by atoms with Crippen LogP contribution >= 0.6 is 0 Å². The molecule has 0 saturated heterocycles. The Morgan fingerprint density at radius 3 is 1.13 bits per heavy atom. The summed E-state index contributed by atoms with van der Waals surface area (Å²) in [6.07, 6.45) is 0.975. The third-order valence-corrected chi connectivity index (χ3v) is 4.14. The third kappa shape index (κ3) is 9.22. The molecular formula is C21H20O8S2. The minimum atomic E-state index is -4.67. The lowest BCUT2D eigenvalue weighted by Gasteiger charge is -2.09. The maximum Gasteiger partial charge on any atom is 0.394 e. The molecule has 0 fully saturated rings. The van der Waals surface area contributed by atoms with Crippen LogP contribution in [0.3, 0.4) is 0 Å². The van der Waals surface area contributed by atoms with Crippen LogP contribution in [-0.2, 0) is 27.2 Å². The van der Waals surface area contributed by atoms with Gasteiger partial charge in [0, 0.05) is 0 Å². The molecule has 0 amide bonds. The Morgan fingerprint density at radius 1 is 0.484 bits per heavy atom. The van der Waals surface area contributed by atoms with E-state index in [1.54, 1.807) is 0 Å². The zero-order chi connectivity index (χ0) is 23.1. The summed E-state index contributed by atoms with van der Waals surface area (Å²) in [5.74, 6) is 0. The average molecular weight is 465 g/mol. The minimum absolute atomic E-state index is 0.975. The van der Waals surface area contributed by atoms with Gasteiger partial charge in [-0.15, -0.1) is 0 Å². The van der Waals surface area contributed by atoms with Crippen molar-refractivity contribution in [1.29, 1.82) is 0 Å². The first-order valence-electron chi connectivity index (χ1n) is 8.75. The van der Waals surface area contributed by atoms with Crippen LogP contribution in [0, 0.1) is 0 Å². The molecule has 0 radical (unpaired) electrons. The molecule has 0 unspecified atom stereocenters. The molecule has 31 heavy (non-hydrogen) atoms. The van der Waals surface area contributed by atoms with Crippen molar-refractivity contribution in [3.63, 3.8) is 0 Å². The van der Waals surface area contributed by atoms with E-state index in [1.165, 1.54) is 32.7 Å². The molecule has 4 aromatic rings. The van der Waals surface area contributed by atoms with Crippen molar-refractivity contribution in [3.8, 4) is 0 Å². The van der Waals surface area contributed by atoms with Crippen LogP contribution in [0.25, 0.3) is 21.5 Å². The molecule has 0 bridgehead atoms. The Hall–Kier alpha value is -2.86. The number of fused-ring (bicyclic) bond motifs is 2. The van der Waals surface area contributed by atoms with Crippen molar-refractivity contribution >= 4 is 42.3 Å². The normalized spacial score (nSPS) is 11.2. The van der Waals surface area contributed by atoms with Gasteiger partial charge in [-0.1, -0.05) is 84.9 Å². The Morgan fingerprint density at radius 2 is 0.774 bits per heavy atom. The van der Waals surface area contributed by atoms with Gasteiger partial charge in [0.2, 0.25) is 0 Å². The van der Waals surface area contributed by atoms with E-state index in [-0.39, 0.29) is 0 Å². The molecule has 0 spiro atoms. The summed E-state index contributed by atoms with van der Waals surface area (Å²) in [5, 5.41) is 5.34. The van der Waals surface area contributed by atoms with Crippen molar-refractivity contribution in [2.24, 2.45) is 0 Å². The Bertz CT molecular complexity index is 1250. The summed E-state index contributed by atoms with van der Waals surface area (Å²) in [6, 6.07) is 30.4. The first kappa shape index (κ1) is 24.4. The molecule has 4 rings (SSSR count). The van der Waals surface area contributed by atoms with Gasteiger partial charge in [0.15, 0.2) is 0 Å². The zero-order valence-corrected chi connectivity index (χ0v) is 17.7. The van der Waals surface area contributed by atoms with Crippen molar-refractivity contribution in [2.45, 2.75) is 6.42 Å². The second-order valence-electron chi connectivity index (χ2n) is 6.35. The van der Waals surface area contributed by atoms with E-state index in [4.69, 9.17) is 35.0 Å². The van der Waals surface area contributed by atoms with E-state index in [0.717, 1.165) is 6.42 Å². The quantitative estimate of drug-likeness (QED) is 0.321. The van der Waals surface area contributed by atoms with Gasteiger partial charge in [-0.2, -0.15) is 16.8 Å². The largest absolute Gasteiger partial charge is 0.394 e. The van der Waals surface area contributed by atoms with E-state index in [1.807, 2.05) is 0 Å². The maximum atomic E-state index is 8.74. The van der Waals surface area contributed by atoms with Crippen LogP contribution in [0.5, 0.6) is 0 Å². The van der Waals surface area contributed by atoms with Gasteiger partial charge in [0.1, 0.15) is 0 Å². The van der Waals surface area contributed by atoms with Crippen molar-refractivity contribution in [2.75, 3.05) is 0 Å². The summed E-state index contributed by atoms with van der Waals surface area (Å²) in [7, 11) is -9.33. The molecule has 0 saturated carbocycles. The minimum Gasteiger partial charge on any atom is -0.264 e. The van der Waals surface area contributed by atoms with E-state index in [0.29, 0.717) is 0 Å². The smallest absolute Gasteiger partial charge is 0.264 e. The zero-order valence-electron chi connectivity index (χ0n) is 16.0. The molecule has 0 aromatic heterocycles. The lowest BCUT2D eigenvalue weighted by atomic mass is 9.95. The van der Waals surface area contributed by atoms with Crippen LogP contribution in [0.15, 0.2) is 84.9 Å². The van der Waals surface area contributed by atoms with Gasteiger partial charge in [-0.3, -0.25) is 18.2 Å². The first-order valence-corrected chi connectivity index (χ1v) is 11.5. The SMILES string of the molecule is O=S(=O)(O)O.O=S(=O)(O)O.c1ccc2c(Cc3cccc4ccccc34)cccc2c1. The van der Waals surface area contributed by atoms with E-state index in [9.17, 15) is 0 Å². The van der Waals surface area contributed by atoms with E-state index < -0.39 is 20.8 Å². The molecule has 8 nitrogen and oxygen atoms in total. The van der Waals surface area contributed by atoms with Gasteiger partial charge >= 0.3 is 20.8 Å².